The molecule has 2 fully saturated rings. The number of hydrogen-bond donors (Lipinski definition) is 0. The molecular formula is C13H14BrNO3S. The van der Waals surface area contributed by atoms with Crippen LogP contribution < -0.4 is 4.90 Å². The van der Waals surface area contributed by atoms with Crippen molar-refractivity contribution in [2.24, 2.45) is 5.92 Å². The van der Waals surface area contributed by atoms with E-state index in [9.17, 15) is 13.2 Å². The number of sulfone groups is 1. The van der Waals surface area contributed by atoms with Crippen LogP contribution >= 0.6 is 15.9 Å². The van der Waals surface area contributed by atoms with Crippen molar-refractivity contribution in [3.8, 4) is 0 Å². The smallest absolute Gasteiger partial charge is 0.227 e. The zero-order chi connectivity index (χ0) is 13.8. The van der Waals surface area contributed by atoms with Crippen LogP contribution in [0.4, 0.5) is 5.69 Å². The number of nitrogens with zero attached hydrogens (tertiary/aromatic N) is 1. The van der Waals surface area contributed by atoms with Crippen LogP contribution in [0.1, 0.15) is 12.0 Å². The highest BCUT2D eigenvalue weighted by Crippen LogP contribution is 2.40. The van der Waals surface area contributed by atoms with Crippen molar-refractivity contribution in [1.82, 2.24) is 0 Å². The summed E-state index contributed by atoms with van der Waals surface area (Å²) in [4.78, 5) is 13.8. The molecule has 1 aromatic carbocycles. The predicted molar refractivity (Wildman–Crippen MR) is 76.9 cm³/mol. The first-order valence-corrected chi connectivity index (χ1v) is 8.77. The average Bonchev–Trinajstić information content (AvgIpc) is 2.70. The van der Waals surface area contributed by atoms with Gasteiger partial charge < -0.3 is 4.90 Å². The first-order chi connectivity index (χ1) is 8.87. The van der Waals surface area contributed by atoms with E-state index >= 15 is 0 Å². The van der Waals surface area contributed by atoms with Gasteiger partial charge in [-0.2, -0.15) is 0 Å². The highest BCUT2D eigenvalue weighted by Gasteiger charge is 2.49. The van der Waals surface area contributed by atoms with Crippen LogP contribution in [-0.2, 0) is 14.6 Å². The molecule has 2 atom stereocenters. The number of halogens is 1. The SMILES string of the molecule is Cc1ccc(N2C(=O)C[C@@H]3CS(=O)(=O)C[C@@H]32)c(Br)c1. The third-order valence-corrected chi connectivity index (χ3v) is 6.26. The Morgan fingerprint density at radius 3 is 2.74 bits per heavy atom. The van der Waals surface area contributed by atoms with Gasteiger partial charge in [-0.15, -0.1) is 0 Å². The summed E-state index contributed by atoms with van der Waals surface area (Å²) in [7, 11) is -3.00. The second kappa shape index (κ2) is 4.31. The standard InChI is InChI=1S/C13H14BrNO3S/c1-8-2-3-11(10(14)4-8)15-12-7-19(17,18)6-9(12)5-13(15)16/h2-4,9,12H,5-7H2,1H3/t9-,12+/m1/s1. The van der Waals surface area contributed by atoms with Gasteiger partial charge >= 0.3 is 0 Å². The molecule has 1 aromatic rings. The minimum atomic E-state index is -3.00. The van der Waals surface area contributed by atoms with Crippen molar-refractivity contribution < 1.29 is 13.2 Å². The van der Waals surface area contributed by atoms with E-state index in [2.05, 4.69) is 15.9 Å². The number of anilines is 1. The molecule has 3 rings (SSSR count). The normalized spacial score (nSPS) is 28.7. The summed E-state index contributed by atoms with van der Waals surface area (Å²) in [6.45, 7) is 1.98. The van der Waals surface area contributed by atoms with E-state index in [1.165, 1.54) is 0 Å². The minimum absolute atomic E-state index is 0.0226. The zero-order valence-electron chi connectivity index (χ0n) is 10.5. The molecule has 0 N–H and O–H groups in total. The monoisotopic (exact) mass is 343 g/mol. The van der Waals surface area contributed by atoms with E-state index in [0.29, 0.717) is 6.42 Å². The van der Waals surface area contributed by atoms with Crippen LogP contribution in [0, 0.1) is 12.8 Å². The molecule has 0 radical (unpaired) electrons. The lowest BCUT2D eigenvalue weighted by atomic mass is 10.0. The summed E-state index contributed by atoms with van der Waals surface area (Å²) in [5.41, 5.74) is 1.87. The summed E-state index contributed by atoms with van der Waals surface area (Å²) in [5.74, 6) is 0.202. The fourth-order valence-corrected chi connectivity index (χ4v) is 5.76. The maximum atomic E-state index is 12.1. The number of carbonyl (C=O) groups excluding carboxylic acids is 1. The maximum Gasteiger partial charge on any atom is 0.227 e. The van der Waals surface area contributed by atoms with Gasteiger partial charge in [-0.3, -0.25) is 4.79 Å². The van der Waals surface area contributed by atoms with Gasteiger partial charge in [-0.05, 0) is 40.5 Å². The Kier molecular flexibility index (Phi) is 2.98. The van der Waals surface area contributed by atoms with Gasteiger partial charge in [0, 0.05) is 16.8 Å². The number of carbonyl (C=O) groups is 1. The molecule has 6 heteroatoms. The molecule has 102 valence electrons. The van der Waals surface area contributed by atoms with Gasteiger partial charge in [0.25, 0.3) is 0 Å². The fourth-order valence-electron chi connectivity index (χ4n) is 3.01. The van der Waals surface area contributed by atoms with Crippen molar-refractivity contribution in [3.05, 3.63) is 28.2 Å². The van der Waals surface area contributed by atoms with Crippen molar-refractivity contribution in [1.29, 1.82) is 0 Å². The Bertz CT molecular complexity index is 656. The van der Waals surface area contributed by atoms with Crippen LogP contribution in [0.2, 0.25) is 0 Å². The molecule has 0 spiro atoms. The Labute approximate surface area is 120 Å². The lowest BCUT2D eigenvalue weighted by molar-refractivity contribution is -0.117. The zero-order valence-corrected chi connectivity index (χ0v) is 12.9. The Balaban J connectivity index is 2.02. The second-order valence-electron chi connectivity index (χ2n) is 5.33. The van der Waals surface area contributed by atoms with Crippen molar-refractivity contribution in [2.45, 2.75) is 19.4 Å². The molecule has 0 saturated carbocycles. The van der Waals surface area contributed by atoms with E-state index < -0.39 is 9.84 Å². The van der Waals surface area contributed by atoms with Gasteiger partial charge in [0.1, 0.15) is 0 Å². The van der Waals surface area contributed by atoms with Crippen LogP contribution in [0.25, 0.3) is 0 Å². The van der Waals surface area contributed by atoms with E-state index in [1.807, 2.05) is 25.1 Å². The average molecular weight is 344 g/mol. The van der Waals surface area contributed by atoms with Gasteiger partial charge in [0.2, 0.25) is 5.91 Å². The molecular weight excluding hydrogens is 330 g/mol. The Hall–Kier alpha value is -0.880. The summed E-state index contributed by atoms with van der Waals surface area (Å²) < 4.78 is 24.3. The molecule has 2 aliphatic heterocycles. The topological polar surface area (TPSA) is 54.5 Å². The van der Waals surface area contributed by atoms with Crippen LogP contribution in [-0.4, -0.2) is 31.9 Å². The van der Waals surface area contributed by atoms with Gasteiger partial charge in [-0.1, -0.05) is 6.07 Å². The molecule has 0 bridgehead atoms. The first-order valence-electron chi connectivity index (χ1n) is 6.16. The first kappa shape index (κ1) is 13.1. The summed E-state index contributed by atoms with van der Waals surface area (Å²) >= 11 is 3.47. The molecule has 1 amide bonds. The molecule has 0 aromatic heterocycles. The van der Waals surface area contributed by atoms with Crippen molar-refractivity contribution in [2.75, 3.05) is 16.4 Å². The fraction of sp³-hybridized carbons (Fsp3) is 0.462. The Morgan fingerprint density at radius 2 is 2.05 bits per heavy atom. The number of amides is 1. The third-order valence-electron chi connectivity index (χ3n) is 3.84. The molecule has 0 unspecified atom stereocenters. The van der Waals surface area contributed by atoms with E-state index in [1.54, 1.807) is 4.90 Å². The molecule has 19 heavy (non-hydrogen) atoms. The van der Waals surface area contributed by atoms with Gasteiger partial charge in [0.05, 0.1) is 23.2 Å². The molecule has 0 aliphatic carbocycles. The number of benzene rings is 1. The number of fused-ring (bicyclic) bond motifs is 1. The highest BCUT2D eigenvalue weighted by atomic mass is 79.9. The summed E-state index contributed by atoms with van der Waals surface area (Å²) in [6, 6.07) is 5.56. The molecule has 2 aliphatic rings. The maximum absolute atomic E-state index is 12.1. The molecule has 4 nitrogen and oxygen atoms in total. The second-order valence-corrected chi connectivity index (χ2v) is 8.34. The van der Waals surface area contributed by atoms with E-state index in [4.69, 9.17) is 0 Å². The summed E-state index contributed by atoms with van der Waals surface area (Å²) in [6.07, 6.45) is 0.338. The highest BCUT2D eigenvalue weighted by molar-refractivity contribution is 9.10. The van der Waals surface area contributed by atoms with Crippen LogP contribution in [0.3, 0.4) is 0 Å². The summed E-state index contributed by atoms with van der Waals surface area (Å²) in [5, 5.41) is 0. The lowest BCUT2D eigenvalue weighted by Crippen LogP contribution is -2.36. The van der Waals surface area contributed by atoms with Gasteiger partial charge in [0.15, 0.2) is 9.84 Å². The number of rotatable bonds is 1. The van der Waals surface area contributed by atoms with Crippen LogP contribution in [0.5, 0.6) is 0 Å². The minimum Gasteiger partial charge on any atom is -0.307 e. The van der Waals surface area contributed by atoms with E-state index in [-0.39, 0.29) is 29.4 Å². The van der Waals surface area contributed by atoms with Crippen molar-refractivity contribution in [3.63, 3.8) is 0 Å². The lowest BCUT2D eigenvalue weighted by Gasteiger charge is -2.24. The molecule has 2 heterocycles. The predicted octanol–water partition coefficient (Wildman–Crippen LogP) is 1.91. The molecule has 2 saturated heterocycles. The Morgan fingerprint density at radius 1 is 1.32 bits per heavy atom. The third kappa shape index (κ3) is 2.21. The van der Waals surface area contributed by atoms with Gasteiger partial charge in [-0.25, -0.2) is 8.42 Å². The van der Waals surface area contributed by atoms with E-state index in [0.717, 1.165) is 15.7 Å². The quantitative estimate of drug-likeness (QED) is 0.782. The largest absolute Gasteiger partial charge is 0.307 e. The number of aryl methyl sites for hydroxylation is 1. The van der Waals surface area contributed by atoms with Crippen LogP contribution in [0.15, 0.2) is 22.7 Å². The number of hydrogen-bond acceptors (Lipinski definition) is 3. The van der Waals surface area contributed by atoms with Crippen molar-refractivity contribution >= 4 is 37.4 Å².